The van der Waals surface area contributed by atoms with Crippen LogP contribution >= 0.6 is 0 Å². The van der Waals surface area contributed by atoms with Crippen LogP contribution in [0.5, 0.6) is 0 Å². The Morgan fingerprint density at radius 3 is 2.53 bits per heavy atom. The van der Waals surface area contributed by atoms with Crippen molar-refractivity contribution in [3.8, 4) is 0 Å². The number of urea groups is 1. The summed E-state index contributed by atoms with van der Waals surface area (Å²) in [5.41, 5.74) is 13.1. The molecule has 17 heavy (non-hydrogen) atoms. The van der Waals surface area contributed by atoms with Crippen LogP contribution in [0.1, 0.15) is 30.9 Å². The lowest BCUT2D eigenvalue weighted by atomic mass is 9.98. The molecule has 0 fully saturated rings. The quantitative estimate of drug-likeness (QED) is 0.539. The Bertz CT molecular complexity index is 448. The number of aryl methyl sites for hydroxylation is 1. The smallest absolute Gasteiger partial charge is 0.348 e. The molecule has 0 aromatic heterocycles. The fourth-order valence-electron chi connectivity index (χ4n) is 1.59. The van der Waals surface area contributed by atoms with Crippen molar-refractivity contribution in [1.82, 2.24) is 0 Å². The monoisotopic (exact) mass is 234 g/mol. The molecule has 1 aromatic rings. The third-order valence-corrected chi connectivity index (χ3v) is 2.39. The molecule has 0 saturated heterocycles. The number of nitrogens with two attached hydrogens (primary N) is 2. The van der Waals surface area contributed by atoms with Crippen molar-refractivity contribution >= 4 is 17.7 Å². The van der Waals surface area contributed by atoms with Gasteiger partial charge in [-0.3, -0.25) is 0 Å². The van der Waals surface area contributed by atoms with Crippen LogP contribution in [-0.4, -0.2) is 12.0 Å². The molecule has 0 radical (unpaired) electrons. The lowest BCUT2D eigenvalue weighted by molar-refractivity contribution is 0.259. The minimum atomic E-state index is -0.554. The predicted molar refractivity (Wildman–Crippen MR) is 70.1 cm³/mol. The zero-order chi connectivity index (χ0) is 13.0. The third kappa shape index (κ3) is 3.48. The molecule has 92 valence electrons. The summed E-state index contributed by atoms with van der Waals surface area (Å²) in [5.74, 6) is 0.0617. The van der Waals surface area contributed by atoms with Crippen molar-refractivity contribution in [3.05, 3.63) is 29.3 Å². The molecule has 0 aliphatic rings. The van der Waals surface area contributed by atoms with Crippen LogP contribution in [-0.2, 0) is 0 Å². The number of aliphatic imine (C=N–C) groups is 1. The van der Waals surface area contributed by atoms with Crippen molar-refractivity contribution in [2.45, 2.75) is 26.7 Å². The number of hydrogen-bond acceptors (Lipinski definition) is 1. The maximum absolute atomic E-state index is 11.5. The second-order valence-electron chi connectivity index (χ2n) is 4.16. The number of hydrogen-bond donors (Lipinski definition) is 3. The van der Waals surface area contributed by atoms with E-state index < -0.39 is 6.03 Å². The normalized spacial score (nSPS) is 10.1. The maximum atomic E-state index is 11.5. The van der Waals surface area contributed by atoms with Gasteiger partial charge in [0.05, 0.1) is 0 Å². The molecule has 5 heteroatoms. The van der Waals surface area contributed by atoms with Crippen LogP contribution < -0.4 is 16.8 Å². The summed E-state index contributed by atoms with van der Waals surface area (Å²) in [7, 11) is 0. The number of carbonyl (C=O) groups is 1. The zero-order valence-corrected chi connectivity index (χ0v) is 10.3. The van der Waals surface area contributed by atoms with E-state index in [9.17, 15) is 4.79 Å². The van der Waals surface area contributed by atoms with E-state index in [1.807, 2.05) is 25.1 Å². The molecule has 1 rings (SSSR count). The van der Waals surface area contributed by atoms with Crippen molar-refractivity contribution in [1.29, 1.82) is 0 Å². The Balaban J connectivity index is 3.05. The van der Waals surface area contributed by atoms with Crippen molar-refractivity contribution in [3.63, 3.8) is 0 Å². The summed E-state index contributed by atoms with van der Waals surface area (Å²) in [5, 5.41) is 2.71. The average molecular weight is 234 g/mol. The summed E-state index contributed by atoms with van der Waals surface area (Å²) >= 11 is 0. The van der Waals surface area contributed by atoms with Crippen LogP contribution in [0.25, 0.3) is 0 Å². The van der Waals surface area contributed by atoms with Crippen LogP contribution in [0.3, 0.4) is 0 Å². The molecular weight excluding hydrogens is 216 g/mol. The van der Waals surface area contributed by atoms with Gasteiger partial charge in [-0.1, -0.05) is 32.0 Å². The van der Waals surface area contributed by atoms with Gasteiger partial charge < -0.3 is 16.8 Å². The van der Waals surface area contributed by atoms with E-state index in [1.54, 1.807) is 0 Å². The largest absolute Gasteiger partial charge is 0.370 e. The summed E-state index contributed by atoms with van der Waals surface area (Å²) in [6.07, 6.45) is 0. The Labute approximate surface area is 101 Å². The molecule has 1 aromatic carbocycles. The molecule has 0 atom stereocenters. The summed E-state index contributed by atoms with van der Waals surface area (Å²) in [4.78, 5) is 14.9. The Hall–Kier alpha value is -2.04. The number of nitrogens with one attached hydrogen (secondary N) is 1. The lowest BCUT2D eigenvalue weighted by Gasteiger charge is -2.15. The van der Waals surface area contributed by atoms with Crippen molar-refractivity contribution in [2.75, 3.05) is 5.32 Å². The van der Waals surface area contributed by atoms with Gasteiger partial charge in [-0.15, -0.1) is 0 Å². The first kappa shape index (κ1) is 13.0. The number of guanidine groups is 1. The number of anilines is 1. The maximum Gasteiger partial charge on any atom is 0.348 e. The topological polar surface area (TPSA) is 93.5 Å². The molecule has 0 bridgehead atoms. The van der Waals surface area contributed by atoms with E-state index in [2.05, 4.69) is 24.2 Å². The minimum absolute atomic E-state index is 0.248. The molecule has 0 spiro atoms. The summed E-state index contributed by atoms with van der Waals surface area (Å²) in [6.45, 7) is 6.05. The van der Waals surface area contributed by atoms with Crippen LogP contribution in [0.15, 0.2) is 23.2 Å². The first-order valence-electron chi connectivity index (χ1n) is 5.42. The molecule has 0 heterocycles. The van der Waals surface area contributed by atoms with Gasteiger partial charge in [0.25, 0.3) is 0 Å². The van der Waals surface area contributed by atoms with Crippen LogP contribution in [0, 0.1) is 6.92 Å². The van der Waals surface area contributed by atoms with Gasteiger partial charge in [0.2, 0.25) is 0 Å². The first-order valence-corrected chi connectivity index (χ1v) is 5.42. The number of amides is 2. The van der Waals surface area contributed by atoms with E-state index in [-0.39, 0.29) is 5.96 Å². The highest BCUT2D eigenvalue weighted by Crippen LogP contribution is 2.27. The first-order chi connectivity index (χ1) is 7.91. The zero-order valence-electron chi connectivity index (χ0n) is 10.3. The fourth-order valence-corrected chi connectivity index (χ4v) is 1.59. The van der Waals surface area contributed by atoms with Crippen molar-refractivity contribution < 1.29 is 4.79 Å². The fraction of sp³-hybridized carbons (Fsp3) is 0.333. The SMILES string of the molecule is Cc1cccc(C(C)C)c1NC(=O)N=C(N)N. The molecule has 0 aliphatic carbocycles. The van der Waals surface area contributed by atoms with Gasteiger partial charge in [0.1, 0.15) is 0 Å². The van der Waals surface area contributed by atoms with Gasteiger partial charge in [-0.05, 0) is 24.0 Å². The number of benzene rings is 1. The highest BCUT2D eigenvalue weighted by molar-refractivity contribution is 5.99. The Kier molecular flexibility index (Phi) is 4.09. The van der Waals surface area contributed by atoms with Crippen molar-refractivity contribution in [2.24, 2.45) is 16.5 Å². The molecule has 0 saturated carbocycles. The second-order valence-corrected chi connectivity index (χ2v) is 4.16. The number of nitrogens with zero attached hydrogens (tertiary/aromatic N) is 1. The van der Waals surface area contributed by atoms with E-state index in [0.29, 0.717) is 5.92 Å². The molecular formula is C12H18N4O. The van der Waals surface area contributed by atoms with Crippen LogP contribution in [0.2, 0.25) is 0 Å². The van der Waals surface area contributed by atoms with Gasteiger partial charge in [-0.2, -0.15) is 4.99 Å². The molecule has 5 N–H and O–H groups in total. The predicted octanol–water partition coefficient (Wildman–Crippen LogP) is 1.92. The Morgan fingerprint density at radius 2 is 2.00 bits per heavy atom. The number of para-hydroxylation sites is 1. The highest BCUT2D eigenvalue weighted by atomic mass is 16.2. The second kappa shape index (κ2) is 5.34. The minimum Gasteiger partial charge on any atom is -0.370 e. The van der Waals surface area contributed by atoms with Crippen LogP contribution in [0.4, 0.5) is 10.5 Å². The van der Waals surface area contributed by atoms with E-state index in [1.165, 1.54) is 0 Å². The standard InChI is InChI=1S/C12H18N4O/c1-7(2)9-6-4-5-8(3)10(9)15-12(17)16-11(13)14/h4-7H,1-3H3,(H5,13,14,15,16,17). The number of rotatable bonds is 2. The molecule has 0 aliphatic heterocycles. The third-order valence-electron chi connectivity index (χ3n) is 2.39. The van der Waals surface area contributed by atoms with Gasteiger partial charge in [-0.25, -0.2) is 4.79 Å². The van der Waals surface area contributed by atoms with E-state index >= 15 is 0 Å². The average Bonchev–Trinajstić information content (AvgIpc) is 2.19. The molecule has 5 nitrogen and oxygen atoms in total. The molecule has 2 amide bonds. The van der Waals surface area contributed by atoms with E-state index in [4.69, 9.17) is 11.5 Å². The molecule has 0 unspecified atom stereocenters. The van der Waals surface area contributed by atoms with Gasteiger partial charge in [0, 0.05) is 5.69 Å². The summed E-state index contributed by atoms with van der Waals surface area (Å²) < 4.78 is 0. The number of carbonyl (C=O) groups excluding carboxylic acids is 1. The van der Waals surface area contributed by atoms with E-state index in [0.717, 1.165) is 16.8 Å². The van der Waals surface area contributed by atoms with Gasteiger partial charge in [0.15, 0.2) is 5.96 Å². The Morgan fingerprint density at radius 1 is 1.35 bits per heavy atom. The summed E-state index contributed by atoms with van der Waals surface area (Å²) in [6, 6.07) is 5.31. The highest BCUT2D eigenvalue weighted by Gasteiger charge is 2.11. The lowest BCUT2D eigenvalue weighted by Crippen LogP contribution is -2.25. The van der Waals surface area contributed by atoms with Gasteiger partial charge >= 0.3 is 6.03 Å².